The van der Waals surface area contributed by atoms with Gasteiger partial charge in [0.25, 0.3) is 0 Å². The fraction of sp³-hybridized carbons (Fsp3) is 0.639. The second-order valence-electron chi connectivity index (χ2n) is 23.0. The van der Waals surface area contributed by atoms with Gasteiger partial charge in [0.2, 0.25) is 0 Å². The van der Waals surface area contributed by atoms with Crippen molar-refractivity contribution in [2.24, 2.45) is 0 Å². The molecule has 3 aromatic rings. The number of hydrogen-bond donors (Lipinski definition) is 1. The Kier molecular flexibility index (Phi) is 32.8. The van der Waals surface area contributed by atoms with Crippen LogP contribution < -0.4 is 0 Å². The third-order valence-electron chi connectivity index (χ3n) is 16.0. The van der Waals surface area contributed by atoms with E-state index in [1.165, 1.54) is 184 Å². The second-order valence-corrected chi connectivity index (χ2v) is 28.6. The molecule has 3 rings (SSSR count). The average molecular weight is 1020 g/mol. The maximum atomic E-state index is 9.73. The highest BCUT2D eigenvalue weighted by atomic mass is 28.3. The van der Waals surface area contributed by atoms with Crippen molar-refractivity contribution in [1.82, 2.24) is 0 Å². The Bertz CT molecular complexity index is 2300. The molecule has 0 spiro atoms. The van der Waals surface area contributed by atoms with Crippen LogP contribution in [0.4, 0.5) is 0 Å². The van der Waals surface area contributed by atoms with Gasteiger partial charge in [-0.25, -0.2) is 0 Å². The standard InChI is InChI=1S/C72H108OSi/c1-13-19-25-31-38-61-53-68(62(39-32-26-20-14-2)52-67(61)44-37-50-73)45-46-69-54-64(41-34-28-22-16-4)70(55-63(69)40-33-27-21-15-3)47-48-71-56-66(43-36-30-24-18-6)72(57-65(71)42-35-29-23-17-5)49-51-74(58(7)8,59(9)10)60(11)12/h52-60,73H,13-36,38-43,50H2,1-12H3. The van der Waals surface area contributed by atoms with Crippen molar-refractivity contribution in [3.63, 3.8) is 0 Å². The first-order valence-corrected chi connectivity index (χ1v) is 33.3. The Balaban J connectivity index is 2.39. The van der Waals surface area contributed by atoms with Crippen LogP contribution in [0.5, 0.6) is 0 Å². The maximum Gasteiger partial charge on any atom is 0.146 e. The number of aliphatic hydroxyl groups is 1. The molecule has 0 saturated heterocycles. The zero-order chi connectivity index (χ0) is 54.0. The van der Waals surface area contributed by atoms with Gasteiger partial charge >= 0.3 is 0 Å². The molecule has 3 aromatic carbocycles. The van der Waals surface area contributed by atoms with Crippen molar-refractivity contribution >= 4 is 8.07 Å². The number of unbranched alkanes of at least 4 members (excludes halogenated alkanes) is 18. The third kappa shape index (κ3) is 22.0. The SMILES string of the molecule is CCCCCCc1cc(C#Cc2cc(CCCCCC)c(C#Cc3cc(CCCCCC)c(C#C[Si](C(C)C)(C(C)C)C(C)C)cc3CCCCCC)cc2CCCCCC)c(CCCCCC)cc1C#CCO. The second kappa shape index (κ2) is 37.8. The van der Waals surface area contributed by atoms with Gasteiger partial charge in [-0.2, -0.15) is 0 Å². The quantitative estimate of drug-likeness (QED) is 0.0366. The van der Waals surface area contributed by atoms with E-state index < -0.39 is 8.07 Å². The molecule has 0 fully saturated rings. The number of aryl methyl sites for hydroxylation is 6. The van der Waals surface area contributed by atoms with Crippen molar-refractivity contribution in [3.8, 4) is 47.0 Å². The van der Waals surface area contributed by atoms with Crippen molar-refractivity contribution in [3.05, 3.63) is 103 Å². The Morgan fingerprint density at radius 1 is 0.311 bits per heavy atom. The van der Waals surface area contributed by atoms with Crippen LogP contribution in [0.3, 0.4) is 0 Å². The van der Waals surface area contributed by atoms with Gasteiger partial charge < -0.3 is 5.11 Å². The molecule has 0 radical (unpaired) electrons. The summed E-state index contributed by atoms with van der Waals surface area (Å²) in [6.07, 6.45) is 35.5. The van der Waals surface area contributed by atoms with Crippen molar-refractivity contribution in [2.45, 2.75) is 292 Å². The number of aliphatic hydroxyl groups excluding tert-OH is 1. The van der Waals surface area contributed by atoms with E-state index in [0.717, 1.165) is 75.3 Å². The Labute approximate surface area is 459 Å². The third-order valence-corrected chi connectivity index (χ3v) is 22.3. The number of benzene rings is 3. The summed E-state index contributed by atoms with van der Waals surface area (Å²) in [5, 5.41) is 9.73. The largest absolute Gasteiger partial charge is 0.384 e. The summed E-state index contributed by atoms with van der Waals surface area (Å²) in [5.74, 6) is 25.9. The molecule has 406 valence electrons. The van der Waals surface area contributed by atoms with Crippen LogP contribution in [-0.2, 0) is 38.5 Å². The van der Waals surface area contributed by atoms with Gasteiger partial charge in [-0.3, -0.25) is 0 Å². The number of rotatable bonds is 33. The molecule has 0 aliphatic heterocycles. The van der Waals surface area contributed by atoms with Crippen LogP contribution in [0.2, 0.25) is 16.6 Å². The molecule has 0 aliphatic rings. The minimum absolute atomic E-state index is 0.121. The highest BCUT2D eigenvalue weighted by Crippen LogP contribution is 2.41. The molecule has 2 heteroatoms. The molecule has 1 N–H and O–H groups in total. The molecule has 0 atom stereocenters. The molecule has 0 aromatic heterocycles. The molecular formula is C72H108OSi. The van der Waals surface area contributed by atoms with Crippen LogP contribution in [0.1, 0.15) is 304 Å². The zero-order valence-electron chi connectivity index (χ0n) is 50.1. The fourth-order valence-corrected chi connectivity index (χ4v) is 16.7. The summed E-state index contributed by atoms with van der Waals surface area (Å²) in [6, 6.07) is 14.6. The molecule has 0 amide bonds. The van der Waals surface area contributed by atoms with Gasteiger partial charge in [-0.15, -0.1) is 5.54 Å². The summed E-state index contributed by atoms with van der Waals surface area (Å²) < 4.78 is 0. The highest BCUT2D eigenvalue weighted by molar-refractivity contribution is 6.90. The average Bonchev–Trinajstić information content (AvgIpc) is 3.38. The summed E-state index contributed by atoms with van der Waals surface area (Å²) in [4.78, 5) is 0. The lowest BCUT2D eigenvalue weighted by Gasteiger charge is -2.38. The molecule has 0 aliphatic carbocycles. The van der Waals surface area contributed by atoms with Crippen molar-refractivity contribution in [2.75, 3.05) is 6.61 Å². The van der Waals surface area contributed by atoms with Crippen LogP contribution in [0.25, 0.3) is 0 Å². The Morgan fingerprint density at radius 2 is 0.527 bits per heavy atom. The lowest BCUT2D eigenvalue weighted by atomic mass is 9.90. The van der Waals surface area contributed by atoms with Crippen LogP contribution >= 0.6 is 0 Å². The van der Waals surface area contributed by atoms with E-state index in [9.17, 15) is 5.11 Å². The zero-order valence-corrected chi connectivity index (χ0v) is 51.1. The first-order valence-electron chi connectivity index (χ1n) is 31.1. The lowest BCUT2D eigenvalue weighted by molar-refractivity contribution is 0.350. The lowest BCUT2D eigenvalue weighted by Crippen LogP contribution is -2.43. The summed E-state index contributed by atoms with van der Waals surface area (Å²) in [5.41, 5.74) is 21.1. The van der Waals surface area contributed by atoms with E-state index in [-0.39, 0.29) is 6.61 Å². The first-order chi connectivity index (χ1) is 35.9. The predicted molar refractivity (Wildman–Crippen MR) is 330 cm³/mol. The van der Waals surface area contributed by atoms with Gasteiger partial charge in [0.1, 0.15) is 14.7 Å². The number of hydrogen-bond acceptors (Lipinski definition) is 1. The smallest absolute Gasteiger partial charge is 0.146 e. The van der Waals surface area contributed by atoms with E-state index in [2.05, 4.69) is 166 Å². The van der Waals surface area contributed by atoms with E-state index in [4.69, 9.17) is 0 Å². The van der Waals surface area contributed by atoms with Crippen molar-refractivity contribution < 1.29 is 5.11 Å². The highest BCUT2D eigenvalue weighted by Gasteiger charge is 2.41. The molecule has 0 heterocycles. The molecule has 74 heavy (non-hydrogen) atoms. The van der Waals surface area contributed by atoms with Gasteiger partial charge in [0, 0.05) is 33.4 Å². The summed E-state index contributed by atoms with van der Waals surface area (Å²) in [6.45, 7) is 28.3. The van der Waals surface area contributed by atoms with Crippen LogP contribution in [0.15, 0.2) is 36.4 Å². The Hall–Kier alpha value is -3.92. The topological polar surface area (TPSA) is 20.2 Å². The van der Waals surface area contributed by atoms with Crippen LogP contribution in [0, 0.1) is 47.0 Å². The Morgan fingerprint density at radius 3 is 0.730 bits per heavy atom. The predicted octanol–water partition coefficient (Wildman–Crippen LogP) is 20.1. The molecule has 1 nitrogen and oxygen atoms in total. The molecule has 0 bridgehead atoms. The molecular weight excluding hydrogens is 909 g/mol. The van der Waals surface area contributed by atoms with Gasteiger partial charge in [-0.1, -0.05) is 240 Å². The van der Waals surface area contributed by atoms with E-state index in [0.29, 0.717) is 16.6 Å². The summed E-state index contributed by atoms with van der Waals surface area (Å²) >= 11 is 0. The van der Waals surface area contributed by atoms with Gasteiger partial charge in [0.15, 0.2) is 0 Å². The van der Waals surface area contributed by atoms with E-state index in [1.54, 1.807) is 0 Å². The molecule has 0 unspecified atom stereocenters. The van der Waals surface area contributed by atoms with Crippen molar-refractivity contribution in [1.29, 1.82) is 0 Å². The minimum atomic E-state index is -1.92. The monoisotopic (exact) mass is 1020 g/mol. The first kappa shape index (κ1) is 64.4. The van der Waals surface area contributed by atoms with E-state index >= 15 is 0 Å². The normalized spacial score (nSPS) is 11.3. The maximum absolute atomic E-state index is 9.73. The fourth-order valence-electron chi connectivity index (χ4n) is 11.5. The van der Waals surface area contributed by atoms with Gasteiger partial charge in [-0.05, 0) is 163 Å². The van der Waals surface area contributed by atoms with Crippen LogP contribution in [-0.4, -0.2) is 19.8 Å². The minimum Gasteiger partial charge on any atom is -0.384 e. The van der Waals surface area contributed by atoms with Gasteiger partial charge in [0.05, 0.1) is 0 Å². The molecule has 0 saturated carbocycles. The van der Waals surface area contributed by atoms with E-state index in [1.807, 2.05) is 0 Å². The summed E-state index contributed by atoms with van der Waals surface area (Å²) in [7, 11) is -1.92.